The Balaban J connectivity index is 1.80. The Morgan fingerprint density at radius 3 is 2.36 bits per heavy atom. The van der Waals surface area contributed by atoms with E-state index in [-0.39, 0.29) is 16.8 Å². The highest BCUT2D eigenvalue weighted by atomic mass is 32.2. The van der Waals surface area contributed by atoms with E-state index in [0.29, 0.717) is 24.2 Å². The molecular formula is C21H27N3O3S. The van der Waals surface area contributed by atoms with Gasteiger partial charge in [-0.3, -0.25) is 4.79 Å². The van der Waals surface area contributed by atoms with E-state index in [4.69, 9.17) is 0 Å². The molecule has 1 fully saturated rings. The molecule has 1 saturated heterocycles. The number of amides is 1. The Kier molecular flexibility index (Phi) is 5.76. The molecule has 1 heterocycles. The Hall–Kier alpha value is -2.38. The third-order valence-corrected chi connectivity index (χ3v) is 7.15. The molecule has 6 nitrogen and oxygen atoms in total. The average Bonchev–Trinajstić information content (AvgIpc) is 2.68. The van der Waals surface area contributed by atoms with Crippen molar-refractivity contribution in [3.05, 3.63) is 59.7 Å². The van der Waals surface area contributed by atoms with E-state index >= 15 is 0 Å². The van der Waals surface area contributed by atoms with Crippen LogP contribution in [0.3, 0.4) is 0 Å². The number of sulfonamides is 1. The van der Waals surface area contributed by atoms with Gasteiger partial charge in [-0.2, -0.15) is 0 Å². The molecule has 3 rings (SSSR count). The van der Waals surface area contributed by atoms with Crippen LogP contribution >= 0.6 is 0 Å². The maximum atomic E-state index is 13.0. The lowest BCUT2D eigenvalue weighted by molar-refractivity contribution is 0.0726. The van der Waals surface area contributed by atoms with E-state index in [2.05, 4.69) is 24.0 Å². The van der Waals surface area contributed by atoms with Crippen molar-refractivity contribution in [2.24, 2.45) is 0 Å². The monoisotopic (exact) mass is 401 g/mol. The Morgan fingerprint density at radius 1 is 1.07 bits per heavy atom. The van der Waals surface area contributed by atoms with Gasteiger partial charge in [0.05, 0.1) is 4.90 Å². The second-order valence-corrected chi connectivity index (χ2v) is 9.52. The van der Waals surface area contributed by atoms with Gasteiger partial charge in [0.25, 0.3) is 5.91 Å². The molecule has 0 N–H and O–H groups in total. The first kappa shape index (κ1) is 20.4. The molecule has 0 aromatic heterocycles. The summed E-state index contributed by atoms with van der Waals surface area (Å²) in [5, 5.41) is 0. The number of carbonyl (C=O) groups is 1. The summed E-state index contributed by atoms with van der Waals surface area (Å²) in [6, 6.07) is 15.3. The summed E-state index contributed by atoms with van der Waals surface area (Å²) in [5.41, 5.74) is 2.19. The minimum Gasteiger partial charge on any atom is -0.365 e. The Bertz CT molecular complexity index is 958. The maximum absolute atomic E-state index is 13.0. The maximum Gasteiger partial charge on any atom is 0.254 e. The zero-order valence-corrected chi connectivity index (χ0v) is 17.6. The Labute approximate surface area is 167 Å². The van der Waals surface area contributed by atoms with Crippen LogP contribution in [0.1, 0.15) is 22.8 Å². The van der Waals surface area contributed by atoms with Crippen LogP contribution in [-0.4, -0.2) is 63.3 Å². The van der Waals surface area contributed by atoms with Crippen LogP contribution in [0.15, 0.2) is 53.4 Å². The first-order chi connectivity index (χ1) is 13.2. The first-order valence-electron chi connectivity index (χ1n) is 9.36. The second-order valence-electron chi connectivity index (χ2n) is 7.40. The van der Waals surface area contributed by atoms with E-state index in [1.165, 1.54) is 24.5 Å². The molecule has 0 bridgehead atoms. The number of benzene rings is 2. The third kappa shape index (κ3) is 3.91. The molecule has 0 spiro atoms. The van der Waals surface area contributed by atoms with E-state index < -0.39 is 10.0 Å². The van der Waals surface area contributed by atoms with Crippen molar-refractivity contribution >= 4 is 21.6 Å². The fraction of sp³-hybridized carbons (Fsp3) is 0.381. The van der Waals surface area contributed by atoms with Gasteiger partial charge < -0.3 is 9.80 Å². The summed E-state index contributed by atoms with van der Waals surface area (Å²) in [4.78, 5) is 17.3. The van der Waals surface area contributed by atoms with Gasteiger partial charge in [-0.1, -0.05) is 24.3 Å². The topological polar surface area (TPSA) is 60.9 Å². The minimum absolute atomic E-state index is 0.130. The van der Waals surface area contributed by atoms with Gasteiger partial charge in [-0.25, -0.2) is 12.7 Å². The van der Waals surface area contributed by atoms with Crippen molar-refractivity contribution in [3.63, 3.8) is 0 Å². The third-order valence-electron chi connectivity index (χ3n) is 5.20. The predicted octanol–water partition coefficient (Wildman–Crippen LogP) is 2.60. The van der Waals surface area contributed by atoms with E-state index in [1.54, 1.807) is 24.0 Å². The fourth-order valence-corrected chi connectivity index (χ4v) is 4.68. The minimum atomic E-state index is -3.60. The molecule has 2 aromatic carbocycles. The number of nitrogens with zero attached hydrogens (tertiary/aromatic N) is 3. The molecule has 1 amide bonds. The van der Waals surface area contributed by atoms with Crippen LogP contribution in [0.4, 0.5) is 5.69 Å². The van der Waals surface area contributed by atoms with Gasteiger partial charge in [0.1, 0.15) is 0 Å². The number of para-hydroxylation sites is 1. The smallest absolute Gasteiger partial charge is 0.254 e. The zero-order chi connectivity index (χ0) is 20.5. The van der Waals surface area contributed by atoms with Gasteiger partial charge in [0, 0.05) is 51.0 Å². The lowest BCUT2D eigenvalue weighted by Gasteiger charge is -2.41. The summed E-state index contributed by atoms with van der Waals surface area (Å²) in [7, 11) is -0.608. The van der Waals surface area contributed by atoms with Crippen LogP contribution in [0.2, 0.25) is 0 Å². The number of hydrogen-bond acceptors (Lipinski definition) is 4. The molecule has 150 valence electrons. The van der Waals surface area contributed by atoms with Crippen molar-refractivity contribution in [2.45, 2.75) is 24.8 Å². The molecule has 0 saturated carbocycles. The Morgan fingerprint density at radius 2 is 1.75 bits per heavy atom. The molecule has 28 heavy (non-hydrogen) atoms. The SMILES string of the molecule is Cc1ccc(C(=O)N2CCN(c3ccccc3)C(C)C2)cc1S(=O)(=O)N(C)C. The quantitative estimate of drug-likeness (QED) is 0.790. The molecule has 1 atom stereocenters. The van der Waals surface area contributed by atoms with Crippen LogP contribution in [0.25, 0.3) is 0 Å². The van der Waals surface area contributed by atoms with Crippen LogP contribution < -0.4 is 4.90 Å². The highest BCUT2D eigenvalue weighted by Gasteiger charge is 2.28. The molecule has 7 heteroatoms. The molecule has 1 aliphatic rings. The highest BCUT2D eigenvalue weighted by Crippen LogP contribution is 2.23. The summed E-state index contributed by atoms with van der Waals surface area (Å²) in [6.07, 6.45) is 0. The molecule has 0 aliphatic carbocycles. The summed E-state index contributed by atoms with van der Waals surface area (Å²) in [6.45, 7) is 5.78. The van der Waals surface area contributed by atoms with Gasteiger partial charge in [-0.05, 0) is 43.7 Å². The van der Waals surface area contributed by atoms with E-state index in [9.17, 15) is 13.2 Å². The van der Waals surface area contributed by atoms with Gasteiger partial charge in [-0.15, -0.1) is 0 Å². The molecule has 2 aromatic rings. The number of piperazine rings is 1. The van der Waals surface area contributed by atoms with Crippen LogP contribution in [0.5, 0.6) is 0 Å². The number of rotatable bonds is 4. The molecule has 1 aliphatic heterocycles. The van der Waals surface area contributed by atoms with E-state index in [0.717, 1.165) is 12.2 Å². The first-order valence-corrected chi connectivity index (χ1v) is 10.8. The highest BCUT2D eigenvalue weighted by molar-refractivity contribution is 7.89. The summed E-state index contributed by atoms with van der Waals surface area (Å²) in [5.74, 6) is -0.130. The van der Waals surface area contributed by atoms with Gasteiger partial charge in [0.15, 0.2) is 0 Å². The van der Waals surface area contributed by atoms with Gasteiger partial charge >= 0.3 is 0 Å². The zero-order valence-electron chi connectivity index (χ0n) is 16.8. The van der Waals surface area contributed by atoms with Crippen LogP contribution in [-0.2, 0) is 10.0 Å². The number of hydrogen-bond donors (Lipinski definition) is 0. The molecule has 0 radical (unpaired) electrons. The van der Waals surface area contributed by atoms with Gasteiger partial charge in [0.2, 0.25) is 10.0 Å². The van der Waals surface area contributed by atoms with Crippen molar-refractivity contribution < 1.29 is 13.2 Å². The summed E-state index contributed by atoms with van der Waals surface area (Å²) >= 11 is 0. The van der Waals surface area contributed by atoms with Crippen molar-refractivity contribution in [1.29, 1.82) is 0 Å². The lowest BCUT2D eigenvalue weighted by atomic mass is 10.1. The number of carbonyl (C=O) groups excluding carboxylic acids is 1. The molecule has 1 unspecified atom stereocenters. The van der Waals surface area contributed by atoms with E-state index in [1.807, 2.05) is 18.2 Å². The largest absolute Gasteiger partial charge is 0.365 e. The fourth-order valence-electron chi connectivity index (χ4n) is 3.54. The number of aryl methyl sites for hydroxylation is 1. The lowest BCUT2D eigenvalue weighted by Crippen LogP contribution is -2.53. The predicted molar refractivity (Wildman–Crippen MR) is 111 cm³/mol. The van der Waals surface area contributed by atoms with Crippen molar-refractivity contribution in [1.82, 2.24) is 9.21 Å². The standard InChI is InChI=1S/C21H27N3O3S/c1-16-10-11-18(14-20(16)28(26,27)22(3)4)21(25)23-12-13-24(17(2)15-23)19-8-6-5-7-9-19/h5-11,14,17H,12-13,15H2,1-4H3. The van der Waals surface area contributed by atoms with Crippen LogP contribution in [0, 0.1) is 6.92 Å². The molecular weight excluding hydrogens is 374 g/mol. The normalized spacial score (nSPS) is 17.8. The number of anilines is 1. The second kappa shape index (κ2) is 7.93. The summed E-state index contributed by atoms with van der Waals surface area (Å²) < 4.78 is 26.3. The average molecular weight is 402 g/mol. The van der Waals surface area contributed by atoms with Crippen molar-refractivity contribution in [2.75, 3.05) is 38.6 Å². The van der Waals surface area contributed by atoms with Crippen molar-refractivity contribution in [3.8, 4) is 0 Å².